The first kappa shape index (κ1) is 14.5. The average Bonchev–Trinajstić information content (AvgIpc) is 2.30. The molecule has 0 aliphatic rings. The molecule has 0 spiro atoms. The lowest BCUT2D eigenvalue weighted by atomic mass is 9.91. The summed E-state index contributed by atoms with van der Waals surface area (Å²) >= 11 is 6.03. The minimum Gasteiger partial charge on any atom is -0.327 e. The highest BCUT2D eigenvalue weighted by Gasteiger charge is 2.14. The van der Waals surface area contributed by atoms with Gasteiger partial charge in [-0.1, -0.05) is 38.3 Å². The summed E-state index contributed by atoms with van der Waals surface area (Å²) in [5.74, 6) is 0.187. The molecule has 1 aromatic carbocycles. The molecular weight excluding hydrogens is 237 g/mol. The Morgan fingerprint density at radius 2 is 2.12 bits per heavy atom. The van der Waals surface area contributed by atoms with Gasteiger partial charge in [0.25, 0.3) is 0 Å². The van der Waals surface area contributed by atoms with E-state index in [0.717, 1.165) is 12.0 Å². The lowest BCUT2D eigenvalue weighted by Crippen LogP contribution is -2.30. The molecule has 2 unspecified atom stereocenters. The molecule has 2 N–H and O–H groups in total. The van der Waals surface area contributed by atoms with Crippen molar-refractivity contribution in [2.45, 2.75) is 45.6 Å². The van der Waals surface area contributed by atoms with Crippen molar-refractivity contribution in [2.75, 3.05) is 0 Å². The zero-order valence-electron chi connectivity index (χ0n) is 10.5. The van der Waals surface area contributed by atoms with Gasteiger partial charge >= 0.3 is 0 Å². The largest absolute Gasteiger partial charge is 0.327 e. The molecule has 0 fully saturated rings. The standard InChI is InChI=1S/C14H21ClFN/c1-3-4-5-10(2)14(17)9-11-8-12(16)6-7-13(11)15/h6-8,10,14H,3-5,9,17H2,1-2H3. The molecule has 0 bridgehead atoms. The summed E-state index contributed by atoms with van der Waals surface area (Å²) in [6.45, 7) is 4.31. The van der Waals surface area contributed by atoms with Crippen LogP contribution in [0.4, 0.5) is 4.39 Å². The van der Waals surface area contributed by atoms with Crippen molar-refractivity contribution in [1.82, 2.24) is 0 Å². The topological polar surface area (TPSA) is 26.0 Å². The highest BCUT2D eigenvalue weighted by Crippen LogP contribution is 2.21. The third-order valence-electron chi connectivity index (χ3n) is 3.21. The number of unbranched alkanes of at least 4 members (excludes halogenated alkanes) is 1. The van der Waals surface area contributed by atoms with E-state index in [1.165, 1.54) is 25.0 Å². The fraction of sp³-hybridized carbons (Fsp3) is 0.571. The molecule has 0 radical (unpaired) electrons. The van der Waals surface area contributed by atoms with Crippen molar-refractivity contribution in [2.24, 2.45) is 11.7 Å². The molecule has 0 aliphatic heterocycles. The fourth-order valence-electron chi connectivity index (χ4n) is 1.90. The van der Waals surface area contributed by atoms with E-state index < -0.39 is 0 Å². The van der Waals surface area contributed by atoms with Crippen LogP contribution in [0.5, 0.6) is 0 Å². The zero-order chi connectivity index (χ0) is 12.8. The van der Waals surface area contributed by atoms with Crippen LogP contribution in [0.3, 0.4) is 0 Å². The summed E-state index contributed by atoms with van der Waals surface area (Å²) in [5, 5.41) is 0.601. The van der Waals surface area contributed by atoms with E-state index in [1.54, 1.807) is 6.07 Å². The van der Waals surface area contributed by atoms with Gasteiger partial charge in [-0.15, -0.1) is 0 Å². The second kappa shape index (κ2) is 6.97. The van der Waals surface area contributed by atoms with E-state index in [2.05, 4.69) is 13.8 Å². The summed E-state index contributed by atoms with van der Waals surface area (Å²) in [6.07, 6.45) is 4.12. The van der Waals surface area contributed by atoms with Gasteiger partial charge in [-0.2, -0.15) is 0 Å². The Morgan fingerprint density at radius 3 is 2.76 bits per heavy atom. The van der Waals surface area contributed by atoms with Crippen LogP contribution in [0, 0.1) is 11.7 Å². The molecule has 0 aliphatic carbocycles. The molecule has 0 saturated heterocycles. The van der Waals surface area contributed by atoms with Gasteiger partial charge in [0.05, 0.1) is 0 Å². The monoisotopic (exact) mass is 257 g/mol. The highest BCUT2D eigenvalue weighted by atomic mass is 35.5. The van der Waals surface area contributed by atoms with Crippen LogP contribution < -0.4 is 5.73 Å². The van der Waals surface area contributed by atoms with Gasteiger partial charge in [0.2, 0.25) is 0 Å². The molecule has 2 atom stereocenters. The smallest absolute Gasteiger partial charge is 0.123 e. The van der Waals surface area contributed by atoms with Crippen LogP contribution in [-0.2, 0) is 6.42 Å². The van der Waals surface area contributed by atoms with Crippen LogP contribution >= 0.6 is 11.6 Å². The first-order valence-electron chi connectivity index (χ1n) is 6.24. The average molecular weight is 258 g/mol. The quantitative estimate of drug-likeness (QED) is 0.813. The predicted octanol–water partition coefficient (Wildman–Crippen LogP) is 4.18. The summed E-state index contributed by atoms with van der Waals surface area (Å²) in [6, 6.07) is 4.49. The van der Waals surface area contributed by atoms with Crippen LogP contribution in [0.1, 0.15) is 38.7 Å². The first-order valence-corrected chi connectivity index (χ1v) is 6.62. The summed E-state index contributed by atoms with van der Waals surface area (Å²) < 4.78 is 13.1. The highest BCUT2D eigenvalue weighted by molar-refractivity contribution is 6.31. The lowest BCUT2D eigenvalue weighted by molar-refractivity contribution is 0.410. The summed E-state index contributed by atoms with van der Waals surface area (Å²) in [7, 11) is 0. The second-order valence-corrected chi connectivity index (χ2v) is 5.13. The molecule has 0 saturated carbocycles. The molecule has 1 aromatic rings. The second-order valence-electron chi connectivity index (χ2n) is 4.72. The third kappa shape index (κ3) is 4.64. The van der Waals surface area contributed by atoms with Crippen molar-refractivity contribution >= 4 is 11.6 Å². The number of benzene rings is 1. The number of rotatable bonds is 6. The summed E-state index contributed by atoms with van der Waals surface area (Å²) in [4.78, 5) is 0. The Labute approximate surface area is 108 Å². The number of hydrogen-bond acceptors (Lipinski definition) is 1. The molecule has 0 amide bonds. The normalized spacial score (nSPS) is 14.6. The van der Waals surface area contributed by atoms with Gasteiger partial charge in [0, 0.05) is 11.1 Å². The Bertz CT molecular complexity index is 354. The van der Waals surface area contributed by atoms with Crippen molar-refractivity contribution in [3.63, 3.8) is 0 Å². The van der Waals surface area contributed by atoms with E-state index in [0.29, 0.717) is 17.4 Å². The number of halogens is 2. The van der Waals surface area contributed by atoms with E-state index in [-0.39, 0.29) is 11.9 Å². The van der Waals surface area contributed by atoms with Gasteiger partial charge in [-0.3, -0.25) is 0 Å². The van der Waals surface area contributed by atoms with Crippen LogP contribution in [-0.4, -0.2) is 6.04 Å². The van der Waals surface area contributed by atoms with Gasteiger partial charge in [-0.05, 0) is 42.5 Å². The van der Waals surface area contributed by atoms with Crippen molar-refractivity contribution < 1.29 is 4.39 Å². The van der Waals surface area contributed by atoms with Gasteiger partial charge < -0.3 is 5.73 Å². The molecule has 96 valence electrons. The predicted molar refractivity (Wildman–Crippen MR) is 71.8 cm³/mol. The van der Waals surface area contributed by atoms with Gasteiger partial charge in [0.15, 0.2) is 0 Å². The fourth-order valence-corrected chi connectivity index (χ4v) is 2.09. The van der Waals surface area contributed by atoms with Gasteiger partial charge in [-0.25, -0.2) is 4.39 Å². The Hall–Kier alpha value is -0.600. The zero-order valence-corrected chi connectivity index (χ0v) is 11.3. The van der Waals surface area contributed by atoms with E-state index in [4.69, 9.17) is 17.3 Å². The van der Waals surface area contributed by atoms with E-state index in [9.17, 15) is 4.39 Å². The molecule has 17 heavy (non-hydrogen) atoms. The SMILES string of the molecule is CCCCC(C)C(N)Cc1cc(F)ccc1Cl. The minimum absolute atomic E-state index is 0.0425. The molecular formula is C14H21ClFN. The van der Waals surface area contributed by atoms with Crippen molar-refractivity contribution in [3.8, 4) is 0 Å². The van der Waals surface area contributed by atoms with Crippen molar-refractivity contribution in [3.05, 3.63) is 34.6 Å². The van der Waals surface area contributed by atoms with Gasteiger partial charge in [0.1, 0.15) is 5.82 Å². The maximum absolute atomic E-state index is 13.1. The van der Waals surface area contributed by atoms with Crippen LogP contribution in [0.25, 0.3) is 0 Å². The van der Waals surface area contributed by atoms with Crippen LogP contribution in [0.2, 0.25) is 5.02 Å². The Kier molecular flexibility index (Phi) is 5.93. The Morgan fingerprint density at radius 1 is 1.41 bits per heavy atom. The molecule has 3 heteroatoms. The lowest BCUT2D eigenvalue weighted by Gasteiger charge is -2.20. The molecule has 1 rings (SSSR count). The summed E-state index contributed by atoms with van der Waals surface area (Å²) in [5.41, 5.74) is 6.94. The minimum atomic E-state index is -0.252. The molecule has 1 nitrogen and oxygen atoms in total. The Balaban J connectivity index is 2.60. The maximum atomic E-state index is 13.1. The van der Waals surface area contributed by atoms with E-state index >= 15 is 0 Å². The van der Waals surface area contributed by atoms with E-state index in [1.807, 2.05) is 0 Å². The number of hydrogen-bond donors (Lipinski definition) is 1. The van der Waals surface area contributed by atoms with Crippen molar-refractivity contribution in [1.29, 1.82) is 0 Å². The third-order valence-corrected chi connectivity index (χ3v) is 3.58. The molecule has 0 aromatic heterocycles. The van der Waals surface area contributed by atoms with Crippen LogP contribution in [0.15, 0.2) is 18.2 Å². The maximum Gasteiger partial charge on any atom is 0.123 e. The molecule has 0 heterocycles. The number of nitrogens with two attached hydrogens (primary N) is 1. The first-order chi connectivity index (χ1) is 8.04.